The summed E-state index contributed by atoms with van der Waals surface area (Å²) in [6.45, 7) is 5.81. The average molecular weight is 348 g/mol. The molecule has 0 aliphatic carbocycles. The van der Waals surface area contributed by atoms with Gasteiger partial charge in [0.25, 0.3) is 0 Å². The number of amides is 2. The van der Waals surface area contributed by atoms with Crippen LogP contribution in [0.15, 0.2) is 18.2 Å². The summed E-state index contributed by atoms with van der Waals surface area (Å²) < 4.78 is 10.5. The van der Waals surface area contributed by atoms with Gasteiger partial charge < -0.3 is 19.7 Å². The fourth-order valence-electron chi connectivity index (χ4n) is 3.07. The minimum absolute atomic E-state index is 0.0432. The second-order valence-electron chi connectivity index (χ2n) is 6.47. The Morgan fingerprint density at radius 3 is 2.44 bits per heavy atom. The number of benzene rings is 1. The van der Waals surface area contributed by atoms with Gasteiger partial charge in [-0.1, -0.05) is 18.2 Å². The molecule has 0 bridgehead atoms. The molecule has 0 unspecified atom stereocenters. The zero-order chi connectivity index (χ0) is 18.2. The number of hydrogen-bond acceptors (Lipinski definition) is 4. The van der Waals surface area contributed by atoms with Crippen molar-refractivity contribution in [3.63, 3.8) is 0 Å². The Morgan fingerprint density at radius 2 is 1.84 bits per heavy atom. The summed E-state index contributed by atoms with van der Waals surface area (Å²) in [5, 5.41) is 3.04. The van der Waals surface area contributed by atoms with Crippen LogP contribution in [-0.2, 0) is 9.53 Å². The first-order valence-electron chi connectivity index (χ1n) is 8.82. The quantitative estimate of drug-likeness (QED) is 0.803. The maximum atomic E-state index is 12.1. The molecule has 2 rings (SSSR count). The summed E-state index contributed by atoms with van der Waals surface area (Å²) in [5.41, 5.74) is 2.23. The predicted molar refractivity (Wildman–Crippen MR) is 95.8 cm³/mol. The number of para-hydroxylation sites is 1. The summed E-state index contributed by atoms with van der Waals surface area (Å²) in [7, 11) is 1.39. The van der Waals surface area contributed by atoms with Crippen LogP contribution in [0.1, 0.15) is 36.8 Å². The molecule has 2 amide bonds. The maximum Gasteiger partial charge on any atom is 0.409 e. The number of rotatable bonds is 6. The minimum Gasteiger partial charge on any atom is -0.493 e. The molecule has 1 aliphatic rings. The number of likely N-dealkylation sites (tertiary alicyclic amines) is 1. The van der Waals surface area contributed by atoms with Gasteiger partial charge in [-0.2, -0.15) is 0 Å². The molecule has 0 radical (unpaired) electrons. The Hall–Kier alpha value is -2.24. The molecule has 1 aromatic rings. The lowest BCUT2D eigenvalue weighted by Gasteiger charge is -2.31. The van der Waals surface area contributed by atoms with E-state index in [9.17, 15) is 9.59 Å². The first-order valence-corrected chi connectivity index (χ1v) is 8.82. The van der Waals surface area contributed by atoms with Crippen molar-refractivity contribution in [2.75, 3.05) is 26.8 Å². The molecule has 0 aromatic heterocycles. The van der Waals surface area contributed by atoms with E-state index >= 15 is 0 Å². The van der Waals surface area contributed by atoms with E-state index in [-0.39, 0.29) is 18.0 Å². The highest BCUT2D eigenvalue weighted by molar-refractivity contribution is 5.76. The fourth-order valence-corrected chi connectivity index (χ4v) is 3.07. The molecule has 6 nitrogen and oxygen atoms in total. The summed E-state index contributed by atoms with van der Waals surface area (Å²) in [4.78, 5) is 25.2. The number of aryl methyl sites for hydroxylation is 2. The number of nitrogens with one attached hydrogen (secondary N) is 1. The highest BCUT2D eigenvalue weighted by Crippen LogP contribution is 2.22. The first kappa shape index (κ1) is 19.1. The van der Waals surface area contributed by atoms with Crippen LogP contribution in [0.2, 0.25) is 0 Å². The number of carbonyl (C=O) groups is 2. The van der Waals surface area contributed by atoms with Gasteiger partial charge in [0, 0.05) is 25.6 Å². The van der Waals surface area contributed by atoms with Gasteiger partial charge >= 0.3 is 6.09 Å². The van der Waals surface area contributed by atoms with Crippen molar-refractivity contribution in [1.29, 1.82) is 0 Å². The molecule has 138 valence electrons. The number of ether oxygens (including phenoxy) is 2. The average Bonchev–Trinajstić information content (AvgIpc) is 2.60. The van der Waals surface area contributed by atoms with E-state index in [0.717, 1.165) is 29.7 Å². The van der Waals surface area contributed by atoms with Crippen LogP contribution in [0.3, 0.4) is 0 Å². The molecule has 1 saturated heterocycles. The molecular formula is C19H28N2O4. The Balaban J connectivity index is 1.64. The molecule has 0 spiro atoms. The van der Waals surface area contributed by atoms with E-state index in [1.807, 2.05) is 32.0 Å². The lowest BCUT2D eigenvalue weighted by atomic mass is 10.1. The van der Waals surface area contributed by atoms with Gasteiger partial charge in [0.05, 0.1) is 13.7 Å². The van der Waals surface area contributed by atoms with Gasteiger partial charge in [-0.3, -0.25) is 4.79 Å². The van der Waals surface area contributed by atoms with E-state index in [1.54, 1.807) is 4.90 Å². The summed E-state index contributed by atoms with van der Waals surface area (Å²) in [6.07, 6.45) is 2.36. The van der Waals surface area contributed by atoms with Crippen molar-refractivity contribution in [2.24, 2.45) is 0 Å². The van der Waals surface area contributed by atoms with Gasteiger partial charge in [-0.15, -0.1) is 0 Å². The third kappa shape index (κ3) is 5.66. The van der Waals surface area contributed by atoms with Crippen LogP contribution in [0, 0.1) is 13.8 Å². The largest absolute Gasteiger partial charge is 0.493 e. The molecule has 0 atom stereocenters. The predicted octanol–water partition coefficient (Wildman–Crippen LogP) is 2.81. The van der Waals surface area contributed by atoms with E-state index in [1.165, 1.54) is 7.11 Å². The third-order valence-corrected chi connectivity index (χ3v) is 4.50. The van der Waals surface area contributed by atoms with E-state index in [4.69, 9.17) is 9.47 Å². The Morgan fingerprint density at radius 1 is 1.20 bits per heavy atom. The molecule has 1 fully saturated rings. The van der Waals surface area contributed by atoms with Crippen molar-refractivity contribution >= 4 is 12.0 Å². The molecule has 1 aromatic carbocycles. The van der Waals surface area contributed by atoms with Crippen LogP contribution in [-0.4, -0.2) is 49.7 Å². The van der Waals surface area contributed by atoms with Crippen LogP contribution >= 0.6 is 0 Å². The number of nitrogens with zero attached hydrogens (tertiary/aromatic N) is 1. The zero-order valence-corrected chi connectivity index (χ0v) is 15.3. The van der Waals surface area contributed by atoms with Gasteiger partial charge in [0.15, 0.2) is 0 Å². The summed E-state index contributed by atoms with van der Waals surface area (Å²) in [5.74, 6) is 0.958. The number of hydrogen-bond donors (Lipinski definition) is 1. The summed E-state index contributed by atoms with van der Waals surface area (Å²) >= 11 is 0. The fraction of sp³-hybridized carbons (Fsp3) is 0.579. The van der Waals surface area contributed by atoms with E-state index in [0.29, 0.717) is 32.5 Å². The van der Waals surface area contributed by atoms with Crippen molar-refractivity contribution < 1.29 is 19.1 Å². The van der Waals surface area contributed by atoms with Crippen LogP contribution in [0.5, 0.6) is 5.75 Å². The minimum atomic E-state index is -0.298. The number of methoxy groups -OCH3 is 1. The maximum absolute atomic E-state index is 12.1. The third-order valence-electron chi connectivity index (χ3n) is 4.50. The first-order chi connectivity index (χ1) is 12.0. The van der Waals surface area contributed by atoms with E-state index in [2.05, 4.69) is 5.32 Å². The van der Waals surface area contributed by atoms with Crippen molar-refractivity contribution in [3.05, 3.63) is 29.3 Å². The molecule has 1 N–H and O–H groups in total. The zero-order valence-electron chi connectivity index (χ0n) is 15.3. The normalized spacial score (nSPS) is 14.9. The second-order valence-corrected chi connectivity index (χ2v) is 6.47. The Labute approximate surface area is 149 Å². The highest BCUT2D eigenvalue weighted by atomic mass is 16.5. The Bertz CT molecular complexity index is 575. The van der Waals surface area contributed by atoms with Crippen molar-refractivity contribution in [2.45, 2.75) is 45.6 Å². The monoisotopic (exact) mass is 348 g/mol. The smallest absolute Gasteiger partial charge is 0.409 e. The van der Waals surface area contributed by atoms with E-state index < -0.39 is 0 Å². The standard InChI is InChI=1S/C19H28N2O4/c1-14-6-4-7-15(2)18(14)25-13-5-8-17(22)20-16-9-11-21(12-10-16)19(23)24-3/h4,6-7,16H,5,8-13H2,1-3H3,(H,20,22). The lowest BCUT2D eigenvalue weighted by Crippen LogP contribution is -2.46. The SMILES string of the molecule is COC(=O)N1CCC(NC(=O)CCCOc2c(C)cccc2C)CC1. The summed E-state index contributed by atoms with van der Waals surface area (Å²) in [6, 6.07) is 6.19. The molecule has 1 heterocycles. The van der Waals surface area contributed by atoms with Crippen LogP contribution < -0.4 is 10.1 Å². The van der Waals surface area contributed by atoms with Crippen molar-refractivity contribution in [3.8, 4) is 5.75 Å². The molecule has 25 heavy (non-hydrogen) atoms. The van der Waals surface area contributed by atoms with Crippen molar-refractivity contribution in [1.82, 2.24) is 10.2 Å². The number of carbonyl (C=O) groups excluding carboxylic acids is 2. The van der Waals surface area contributed by atoms with Crippen LogP contribution in [0.25, 0.3) is 0 Å². The van der Waals surface area contributed by atoms with Gasteiger partial charge in [-0.25, -0.2) is 4.79 Å². The Kier molecular flexibility index (Phi) is 7.10. The molecule has 0 saturated carbocycles. The number of piperidine rings is 1. The molecular weight excluding hydrogens is 320 g/mol. The molecule has 6 heteroatoms. The molecule has 1 aliphatic heterocycles. The van der Waals surface area contributed by atoms with Crippen LogP contribution in [0.4, 0.5) is 4.79 Å². The second kappa shape index (κ2) is 9.30. The van der Waals surface area contributed by atoms with Gasteiger partial charge in [0.1, 0.15) is 5.75 Å². The van der Waals surface area contributed by atoms with Gasteiger partial charge in [-0.05, 0) is 44.2 Å². The highest BCUT2D eigenvalue weighted by Gasteiger charge is 2.23. The topological polar surface area (TPSA) is 67.9 Å². The lowest BCUT2D eigenvalue weighted by molar-refractivity contribution is -0.122. The van der Waals surface area contributed by atoms with Gasteiger partial charge in [0.2, 0.25) is 5.91 Å².